The molecule has 2 aromatic carbocycles. The van der Waals surface area contributed by atoms with Crippen molar-refractivity contribution in [3.05, 3.63) is 59.4 Å². The Morgan fingerprint density at radius 1 is 1.13 bits per heavy atom. The van der Waals surface area contributed by atoms with E-state index in [4.69, 9.17) is 19.9 Å². The average molecular weight is 408 g/mol. The third kappa shape index (κ3) is 3.36. The van der Waals surface area contributed by atoms with Gasteiger partial charge in [-0.05, 0) is 29.7 Å². The number of phenolic OH excluding ortho intramolecular Hbond substituents is 1. The Labute approximate surface area is 175 Å². The minimum atomic E-state index is -0.240. The summed E-state index contributed by atoms with van der Waals surface area (Å²) < 4.78 is 18.9. The number of benzene rings is 2. The van der Waals surface area contributed by atoms with E-state index >= 15 is 0 Å². The first-order chi connectivity index (χ1) is 14.4. The summed E-state index contributed by atoms with van der Waals surface area (Å²) in [6.45, 7) is 5.01. The van der Waals surface area contributed by atoms with Gasteiger partial charge in [-0.15, -0.1) is 0 Å². The molecule has 1 aliphatic rings. The van der Waals surface area contributed by atoms with Crippen LogP contribution < -0.4 is 24.5 Å². The molecule has 2 heterocycles. The number of nitrogen functional groups attached to an aromatic ring is 1. The number of anilines is 1. The van der Waals surface area contributed by atoms with Crippen LogP contribution in [0.25, 0.3) is 0 Å². The maximum atomic E-state index is 9.98. The van der Waals surface area contributed by atoms with Gasteiger partial charge in [0.25, 0.3) is 0 Å². The number of aromatic nitrogens is 2. The van der Waals surface area contributed by atoms with E-state index < -0.39 is 0 Å². The lowest BCUT2D eigenvalue weighted by molar-refractivity contribution is -0.691. The number of rotatable bonds is 5. The average Bonchev–Trinajstić information content (AvgIpc) is 2.73. The van der Waals surface area contributed by atoms with Gasteiger partial charge in [-0.25, -0.2) is 4.57 Å². The summed E-state index contributed by atoms with van der Waals surface area (Å²) in [4.78, 5) is 4.54. The van der Waals surface area contributed by atoms with Gasteiger partial charge in [0, 0.05) is 11.6 Å². The van der Waals surface area contributed by atoms with Crippen molar-refractivity contribution in [2.75, 3.05) is 20.0 Å². The summed E-state index contributed by atoms with van der Waals surface area (Å²) in [7, 11) is 3.22. The summed E-state index contributed by atoms with van der Waals surface area (Å²) in [6, 6.07) is 10.9. The van der Waals surface area contributed by atoms with Crippen LogP contribution in [0.4, 0.5) is 5.82 Å². The molecule has 30 heavy (non-hydrogen) atoms. The van der Waals surface area contributed by atoms with Gasteiger partial charge in [-0.2, -0.15) is 0 Å². The Hall–Kier alpha value is -3.48. The van der Waals surface area contributed by atoms with Crippen LogP contribution in [0.1, 0.15) is 36.5 Å². The van der Waals surface area contributed by atoms with Gasteiger partial charge in [0.1, 0.15) is 17.1 Å². The van der Waals surface area contributed by atoms with Gasteiger partial charge in [0.2, 0.25) is 12.1 Å². The molecule has 0 fully saturated rings. The molecule has 156 valence electrons. The lowest BCUT2D eigenvalue weighted by atomic mass is 9.83. The van der Waals surface area contributed by atoms with E-state index in [2.05, 4.69) is 18.8 Å². The molecule has 0 unspecified atom stereocenters. The largest absolute Gasteiger partial charge is 0.508 e. The van der Waals surface area contributed by atoms with Crippen LogP contribution in [0.15, 0.2) is 42.7 Å². The van der Waals surface area contributed by atoms with E-state index in [1.807, 2.05) is 28.8 Å². The number of methoxy groups -OCH3 is 2. The molecule has 7 nitrogen and oxygen atoms in total. The van der Waals surface area contributed by atoms with Crippen molar-refractivity contribution in [2.45, 2.75) is 26.3 Å². The molecule has 7 heteroatoms. The van der Waals surface area contributed by atoms with Gasteiger partial charge in [-0.1, -0.05) is 31.0 Å². The number of phenols is 1. The second-order valence-corrected chi connectivity index (χ2v) is 7.77. The van der Waals surface area contributed by atoms with Gasteiger partial charge in [0.15, 0.2) is 11.5 Å². The maximum absolute atomic E-state index is 9.98. The Morgan fingerprint density at radius 3 is 2.60 bits per heavy atom. The van der Waals surface area contributed by atoms with Crippen LogP contribution in [0.5, 0.6) is 28.9 Å². The first kappa shape index (κ1) is 19.8. The first-order valence-corrected chi connectivity index (χ1v) is 9.83. The number of hydrogen-bond donors (Lipinski definition) is 2. The lowest BCUT2D eigenvalue weighted by Gasteiger charge is -2.27. The summed E-state index contributed by atoms with van der Waals surface area (Å²) in [6.07, 6.45) is 1.70. The van der Waals surface area contributed by atoms with Crippen molar-refractivity contribution in [2.24, 2.45) is 5.92 Å². The predicted molar refractivity (Wildman–Crippen MR) is 112 cm³/mol. The molecule has 0 saturated carbocycles. The molecular weight excluding hydrogens is 382 g/mol. The summed E-state index contributed by atoms with van der Waals surface area (Å²) in [5.41, 5.74) is 9.28. The first-order valence-electron chi connectivity index (χ1n) is 9.83. The van der Waals surface area contributed by atoms with E-state index in [1.165, 1.54) is 0 Å². The van der Waals surface area contributed by atoms with E-state index in [0.29, 0.717) is 34.9 Å². The smallest absolute Gasteiger partial charge is 0.306 e. The highest BCUT2D eigenvalue weighted by Gasteiger charge is 2.36. The van der Waals surface area contributed by atoms with Crippen molar-refractivity contribution >= 4 is 5.82 Å². The molecule has 1 aliphatic heterocycles. The number of fused-ring (bicyclic) bond motifs is 2. The quantitative estimate of drug-likeness (QED) is 0.490. The molecule has 0 amide bonds. The Balaban J connectivity index is 1.95. The fraction of sp³-hybridized carbons (Fsp3) is 0.304. The number of ether oxygens (including phenoxy) is 3. The highest BCUT2D eigenvalue weighted by atomic mass is 16.5. The Kier molecular flexibility index (Phi) is 5.11. The third-order valence-electron chi connectivity index (χ3n) is 5.24. The van der Waals surface area contributed by atoms with E-state index in [9.17, 15) is 5.11 Å². The zero-order chi connectivity index (χ0) is 21.4. The molecule has 3 N–H and O–H groups in total. The second-order valence-electron chi connectivity index (χ2n) is 7.77. The monoisotopic (exact) mass is 408 g/mol. The molecular formula is C23H26N3O4+. The molecule has 1 aromatic heterocycles. The molecule has 4 rings (SSSR count). The molecule has 0 bridgehead atoms. The molecule has 0 aliphatic carbocycles. The lowest BCUT2D eigenvalue weighted by Crippen LogP contribution is -2.41. The highest BCUT2D eigenvalue weighted by Crippen LogP contribution is 2.49. The van der Waals surface area contributed by atoms with Crippen LogP contribution in [-0.2, 0) is 6.54 Å². The summed E-state index contributed by atoms with van der Waals surface area (Å²) in [5.74, 6) is 3.16. The van der Waals surface area contributed by atoms with Crippen molar-refractivity contribution < 1.29 is 23.9 Å². The minimum absolute atomic E-state index is 0.127. The molecule has 0 spiro atoms. The topological polar surface area (TPSA) is 90.7 Å². The fourth-order valence-corrected chi connectivity index (χ4v) is 3.90. The SMILES string of the molecule is COc1ccc([C@H]2c3ccc(O)cc3Oc3nc[n+](CC(C)C)c(N)c32)cc1OC. The van der Waals surface area contributed by atoms with Gasteiger partial charge < -0.3 is 25.1 Å². The molecule has 0 radical (unpaired) electrons. The minimum Gasteiger partial charge on any atom is -0.508 e. The van der Waals surface area contributed by atoms with Crippen molar-refractivity contribution in [3.8, 4) is 28.9 Å². The van der Waals surface area contributed by atoms with Crippen LogP contribution in [0.3, 0.4) is 0 Å². The van der Waals surface area contributed by atoms with E-state index in [1.54, 1.807) is 32.7 Å². The molecule has 0 saturated heterocycles. The van der Waals surface area contributed by atoms with Crippen LogP contribution in [0.2, 0.25) is 0 Å². The van der Waals surface area contributed by atoms with Crippen molar-refractivity contribution in [1.29, 1.82) is 0 Å². The summed E-state index contributed by atoms with van der Waals surface area (Å²) >= 11 is 0. The van der Waals surface area contributed by atoms with Crippen LogP contribution in [0, 0.1) is 5.92 Å². The highest BCUT2D eigenvalue weighted by molar-refractivity contribution is 5.63. The Bertz CT molecular complexity index is 1100. The fourth-order valence-electron chi connectivity index (χ4n) is 3.90. The Morgan fingerprint density at radius 2 is 1.90 bits per heavy atom. The summed E-state index contributed by atoms with van der Waals surface area (Å²) in [5, 5.41) is 9.98. The molecule has 1 atom stereocenters. The van der Waals surface area contributed by atoms with Gasteiger partial charge in [0.05, 0.1) is 26.7 Å². The predicted octanol–water partition coefficient (Wildman–Crippen LogP) is 3.62. The number of aromatic hydroxyl groups is 1. The zero-order valence-electron chi connectivity index (χ0n) is 17.5. The van der Waals surface area contributed by atoms with Crippen molar-refractivity contribution in [1.82, 2.24) is 4.98 Å². The van der Waals surface area contributed by atoms with Crippen LogP contribution >= 0.6 is 0 Å². The maximum Gasteiger partial charge on any atom is 0.306 e. The second kappa shape index (κ2) is 7.74. The van der Waals surface area contributed by atoms with Gasteiger partial charge >= 0.3 is 5.88 Å². The van der Waals surface area contributed by atoms with Crippen LogP contribution in [-0.4, -0.2) is 24.3 Å². The third-order valence-corrected chi connectivity index (χ3v) is 5.24. The van der Waals surface area contributed by atoms with Crippen molar-refractivity contribution in [3.63, 3.8) is 0 Å². The molecule has 3 aromatic rings. The number of nitrogens with zero attached hydrogens (tertiary/aromatic N) is 2. The number of nitrogens with two attached hydrogens (primary N) is 1. The zero-order valence-corrected chi connectivity index (χ0v) is 17.5. The standard InChI is InChI=1S/C23H25N3O4/c1-13(2)11-26-12-25-23-21(22(26)24)20(16-7-6-15(27)10-18(16)30-23)14-5-8-17(28-3)19(9-14)29-4/h5-10,12-13,20,24,27H,11H2,1-4H3/p+1/t20-/m0/s1. The van der Waals surface area contributed by atoms with E-state index in [0.717, 1.165) is 23.2 Å². The normalized spacial score (nSPS) is 14.6. The number of hydrogen-bond acceptors (Lipinski definition) is 6. The van der Waals surface area contributed by atoms with Gasteiger partial charge in [-0.3, -0.25) is 0 Å². The van der Waals surface area contributed by atoms with E-state index in [-0.39, 0.29) is 11.7 Å².